The summed E-state index contributed by atoms with van der Waals surface area (Å²) in [5.41, 5.74) is 0. The minimum Gasteiger partial charge on any atom is -0.488 e. The van der Waals surface area contributed by atoms with Crippen LogP contribution in [0.15, 0.2) is 24.3 Å². The van der Waals surface area contributed by atoms with Crippen molar-refractivity contribution in [2.24, 2.45) is 5.92 Å². The average Bonchev–Trinajstić information content (AvgIpc) is 3.16. The van der Waals surface area contributed by atoms with Crippen LogP contribution in [0.1, 0.15) is 32.6 Å². The Labute approximate surface area is 143 Å². The van der Waals surface area contributed by atoms with Gasteiger partial charge in [-0.15, -0.1) is 0 Å². The Morgan fingerprint density at radius 3 is 2.78 bits per heavy atom. The summed E-state index contributed by atoms with van der Waals surface area (Å²) in [6.07, 6.45) is 3.60. The van der Waals surface area contributed by atoms with Crippen LogP contribution in [-0.4, -0.2) is 38.0 Å². The zero-order valence-corrected chi connectivity index (χ0v) is 14.8. The fourth-order valence-electron chi connectivity index (χ4n) is 3.44. The maximum Gasteiger partial charge on any atom is 0.279 e. The number of rotatable bonds is 7. The number of fused-ring (bicyclic) bond motifs is 2. The maximum absolute atomic E-state index is 12.5. The van der Waals surface area contributed by atoms with Crippen LogP contribution in [0.25, 0.3) is 0 Å². The third kappa shape index (κ3) is 3.82. The molecule has 3 rings (SSSR count). The van der Waals surface area contributed by atoms with Gasteiger partial charge in [-0.3, -0.25) is 0 Å². The molecule has 2 bridgehead atoms. The predicted molar refractivity (Wildman–Crippen MR) is 90.9 cm³/mol. The van der Waals surface area contributed by atoms with Crippen molar-refractivity contribution in [2.45, 2.75) is 44.8 Å². The van der Waals surface area contributed by atoms with Gasteiger partial charge in [-0.25, -0.2) is 0 Å². The van der Waals surface area contributed by atoms with Gasteiger partial charge in [-0.05, 0) is 43.7 Å². The number of ether oxygens (including phenoxy) is 1. The number of benzene rings is 1. The zero-order chi connectivity index (χ0) is 16.4. The molecule has 1 aliphatic heterocycles. The van der Waals surface area contributed by atoms with Crippen molar-refractivity contribution >= 4 is 21.8 Å². The molecule has 1 saturated carbocycles. The first-order chi connectivity index (χ1) is 11.0. The first-order valence-corrected chi connectivity index (χ1v) is 9.99. The Bertz CT molecular complexity index is 652. The van der Waals surface area contributed by atoms with E-state index in [2.05, 4.69) is 4.72 Å². The molecule has 5 nitrogen and oxygen atoms in total. The second kappa shape index (κ2) is 6.97. The van der Waals surface area contributed by atoms with Crippen molar-refractivity contribution in [3.05, 3.63) is 29.3 Å². The van der Waals surface area contributed by atoms with Gasteiger partial charge < -0.3 is 4.74 Å². The van der Waals surface area contributed by atoms with Crippen LogP contribution in [0.3, 0.4) is 0 Å². The van der Waals surface area contributed by atoms with Crippen molar-refractivity contribution < 1.29 is 13.2 Å². The van der Waals surface area contributed by atoms with Gasteiger partial charge in [-0.2, -0.15) is 17.4 Å². The second-order valence-electron chi connectivity index (χ2n) is 6.33. The van der Waals surface area contributed by atoms with Gasteiger partial charge in [0, 0.05) is 19.1 Å². The standard InChI is InChI=1S/C16H23ClN2O3S/c1-2-14(22-16-6-4-3-5-15(16)17)10-18-23(20,21)19-11-12-7-8-13(19)9-12/h3-6,12-14,18H,2,7-11H2,1H3. The number of halogens is 1. The van der Waals surface area contributed by atoms with E-state index in [0.29, 0.717) is 29.7 Å². The Balaban J connectivity index is 1.58. The van der Waals surface area contributed by atoms with Gasteiger partial charge in [0.1, 0.15) is 11.9 Å². The molecule has 0 spiro atoms. The fourth-order valence-corrected chi connectivity index (χ4v) is 5.18. The van der Waals surface area contributed by atoms with Gasteiger partial charge in [0.25, 0.3) is 10.2 Å². The quantitative estimate of drug-likeness (QED) is 0.815. The van der Waals surface area contributed by atoms with Crippen LogP contribution in [0.4, 0.5) is 0 Å². The first-order valence-electron chi connectivity index (χ1n) is 8.17. The van der Waals surface area contributed by atoms with Gasteiger partial charge in [-0.1, -0.05) is 30.7 Å². The van der Waals surface area contributed by atoms with E-state index in [1.165, 1.54) is 0 Å². The van der Waals surface area contributed by atoms with E-state index in [0.717, 1.165) is 19.3 Å². The Kier molecular flexibility index (Phi) is 5.16. The molecule has 3 atom stereocenters. The van der Waals surface area contributed by atoms with Gasteiger partial charge >= 0.3 is 0 Å². The SMILES string of the molecule is CCC(CNS(=O)(=O)N1CC2CCC1C2)Oc1ccccc1Cl. The molecule has 7 heteroatoms. The molecule has 3 unspecified atom stereocenters. The predicted octanol–water partition coefficient (Wildman–Crippen LogP) is 2.82. The fraction of sp³-hybridized carbons (Fsp3) is 0.625. The maximum atomic E-state index is 12.5. The van der Waals surface area contributed by atoms with Crippen LogP contribution in [0, 0.1) is 5.92 Å². The lowest BCUT2D eigenvalue weighted by atomic mass is 10.1. The highest BCUT2D eigenvalue weighted by Gasteiger charge is 2.43. The molecule has 128 valence electrons. The third-order valence-corrected chi connectivity index (χ3v) is 6.66. The topological polar surface area (TPSA) is 58.6 Å². The van der Waals surface area contributed by atoms with Crippen molar-refractivity contribution in [3.8, 4) is 5.75 Å². The van der Waals surface area contributed by atoms with Gasteiger partial charge in [0.15, 0.2) is 0 Å². The highest BCUT2D eigenvalue weighted by molar-refractivity contribution is 7.87. The van der Waals surface area contributed by atoms with E-state index in [-0.39, 0.29) is 18.7 Å². The molecule has 2 fully saturated rings. The molecular weight excluding hydrogens is 336 g/mol. The molecule has 0 amide bonds. The lowest BCUT2D eigenvalue weighted by molar-refractivity contribution is 0.199. The smallest absolute Gasteiger partial charge is 0.279 e. The Morgan fingerprint density at radius 2 is 2.17 bits per heavy atom. The summed E-state index contributed by atoms with van der Waals surface area (Å²) in [6.45, 7) is 2.87. The normalized spacial score (nSPS) is 25.7. The molecule has 1 aromatic carbocycles. The van der Waals surface area contributed by atoms with E-state index in [1.54, 1.807) is 16.4 Å². The van der Waals surface area contributed by atoms with Crippen LogP contribution in [0.2, 0.25) is 5.02 Å². The number of hydrogen-bond acceptors (Lipinski definition) is 3. The summed E-state index contributed by atoms with van der Waals surface area (Å²) in [4.78, 5) is 0. The number of hydrogen-bond donors (Lipinski definition) is 1. The monoisotopic (exact) mass is 358 g/mol. The summed E-state index contributed by atoms with van der Waals surface area (Å²) in [6, 6.07) is 7.41. The van der Waals surface area contributed by atoms with Gasteiger partial charge in [0.2, 0.25) is 0 Å². The molecule has 1 saturated heterocycles. The number of nitrogens with one attached hydrogen (secondary N) is 1. The van der Waals surface area contributed by atoms with Crippen LogP contribution in [0.5, 0.6) is 5.75 Å². The summed E-state index contributed by atoms with van der Waals surface area (Å²) < 4.78 is 35.2. The highest BCUT2D eigenvalue weighted by atomic mass is 35.5. The second-order valence-corrected chi connectivity index (χ2v) is 8.45. The number of nitrogens with zero attached hydrogens (tertiary/aromatic N) is 1. The van der Waals surface area contributed by atoms with E-state index >= 15 is 0 Å². The minimum atomic E-state index is -3.43. The van der Waals surface area contributed by atoms with Crippen LogP contribution in [-0.2, 0) is 10.2 Å². The minimum absolute atomic E-state index is 0.182. The van der Waals surface area contributed by atoms with Gasteiger partial charge in [0.05, 0.1) is 5.02 Å². The molecule has 1 heterocycles. The molecule has 0 aromatic heterocycles. The van der Waals surface area contributed by atoms with Crippen molar-refractivity contribution in [3.63, 3.8) is 0 Å². The molecule has 0 radical (unpaired) electrons. The molecule has 1 N–H and O–H groups in total. The summed E-state index contributed by atoms with van der Waals surface area (Å²) in [5.74, 6) is 1.12. The summed E-state index contributed by atoms with van der Waals surface area (Å²) >= 11 is 6.09. The Morgan fingerprint density at radius 1 is 1.39 bits per heavy atom. The Hall–Kier alpha value is -0.820. The zero-order valence-electron chi connectivity index (χ0n) is 13.2. The highest BCUT2D eigenvalue weighted by Crippen LogP contribution is 2.38. The summed E-state index contributed by atoms with van der Waals surface area (Å²) in [7, 11) is -3.43. The molecular formula is C16H23ClN2O3S. The lowest BCUT2D eigenvalue weighted by Crippen LogP contribution is -2.47. The molecule has 2 aliphatic rings. The lowest BCUT2D eigenvalue weighted by Gasteiger charge is -2.27. The largest absolute Gasteiger partial charge is 0.488 e. The van der Waals surface area contributed by atoms with Crippen molar-refractivity contribution in [1.29, 1.82) is 0 Å². The van der Waals surface area contributed by atoms with E-state index in [4.69, 9.17) is 16.3 Å². The van der Waals surface area contributed by atoms with Crippen molar-refractivity contribution in [1.82, 2.24) is 9.03 Å². The average molecular weight is 359 g/mol. The number of piperidine rings is 1. The molecule has 1 aliphatic carbocycles. The third-order valence-electron chi connectivity index (χ3n) is 4.75. The van der Waals surface area contributed by atoms with E-state index < -0.39 is 10.2 Å². The van der Waals surface area contributed by atoms with Crippen LogP contribution >= 0.6 is 11.6 Å². The van der Waals surface area contributed by atoms with E-state index in [1.807, 2.05) is 19.1 Å². The number of para-hydroxylation sites is 1. The van der Waals surface area contributed by atoms with Crippen molar-refractivity contribution in [2.75, 3.05) is 13.1 Å². The van der Waals surface area contributed by atoms with Crippen LogP contribution < -0.4 is 9.46 Å². The molecule has 1 aromatic rings. The molecule has 23 heavy (non-hydrogen) atoms. The first kappa shape index (κ1) is 17.0. The summed E-state index contributed by atoms with van der Waals surface area (Å²) in [5, 5.41) is 0.533. The van der Waals surface area contributed by atoms with E-state index in [9.17, 15) is 8.42 Å².